The second-order valence-corrected chi connectivity index (χ2v) is 8.19. The molecule has 0 aliphatic heterocycles. The molecule has 1 aliphatic carbocycles. The topological polar surface area (TPSA) is 118 Å². The van der Waals surface area contributed by atoms with E-state index in [1.807, 2.05) is 42.6 Å². The van der Waals surface area contributed by atoms with Crippen LogP contribution < -0.4 is 16.0 Å². The Bertz CT molecular complexity index is 1140. The van der Waals surface area contributed by atoms with E-state index in [9.17, 15) is 4.79 Å². The number of carbonyl (C=O) groups is 1. The van der Waals surface area contributed by atoms with Gasteiger partial charge in [0.25, 0.3) is 5.91 Å². The number of hydrogen-bond donors (Lipinski definition) is 4. The van der Waals surface area contributed by atoms with Crippen molar-refractivity contribution >= 4 is 22.9 Å². The summed E-state index contributed by atoms with van der Waals surface area (Å²) in [7, 11) is 1.65. The van der Waals surface area contributed by atoms with Gasteiger partial charge in [0.05, 0.1) is 17.4 Å². The molecule has 3 aromatic rings. The summed E-state index contributed by atoms with van der Waals surface area (Å²) < 4.78 is 0. The van der Waals surface area contributed by atoms with E-state index in [4.69, 9.17) is 5.26 Å². The molecule has 0 radical (unpaired) electrons. The molecule has 164 valence electrons. The third kappa shape index (κ3) is 4.57. The number of benzene rings is 2. The summed E-state index contributed by atoms with van der Waals surface area (Å²) in [6.45, 7) is 0.564. The molecule has 1 amide bonds. The number of hydrogen-bond acceptors (Lipinski definition) is 4. The first-order valence-electron chi connectivity index (χ1n) is 10.8. The number of aromatic nitrogens is 2. The van der Waals surface area contributed by atoms with Crippen LogP contribution in [-0.2, 0) is 5.41 Å². The predicted molar refractivity (Wildman–Crippen MR) is 124 cm³/mol. The second kappa shape index (κ2) is 9.52. The Morgan fingerprint density at radius 1 is 1.25 bits per heavy atom. The molecule has 0 atom stereocenters. The molecule has 1 heterocycles. The molecule has 2 aromatic carbocycles. The van der Waals surface area contributed by atoms with Gasteiger partial charge in [-0.1, -0.05) is 30.3 Å². The van der Waals surface area contributed by atoms with Crippen LogP contribution in [0.2, 0.25) is 0 Å². The van der Waals surface area contributed by atoms with Crippen LogP contribution in [0.25, 0.3) is 11.0 Å². The molecule has 8 nitrogen and oxygen atoms in total. The van der Waals surface area contributed by atoms with E-state index >= 15 is 0 Å². The van der Waals surface area contributed by atoms with Crippen LogP contribution in [0.1, 0.15) is 41.6 Å². The zero-order chi connectivity index (χ0) is 22.4. The maximum Gasteiger partial charge on any atom is 0.251 e. The summed E-state index contributed by atoms with van der Waals surface area (Å²) in [5, 5.41) is 17.9. The zero-order valence-electron chi connectivity index (χ0n) is 18.1. The highest BCUT2D eigenvalue weighted by molar-refractivity contribution is 5.97. The molecule has 32 heavy (non-hydrogen) atoms. The molecular weight excluding hydrogens is 402 g/mol. The number of nitrogens with one attached hydrogen (secondary N) is 4. The number of guanidine groups is 1. The first-order chi connectivity index (χ1) is 15.6. The lowest BCUT2D eigenvalue weighted by Gasteiger charge is -2.41. The van der Waals surface area contributed by atoms with Gasteiger partial charge in [-0.3, -0.25) is 15.1 Å². The molecule has 0 saturated heterocycles. The molecule has 0 spiro atoms. The number of H-pyrrole nitrogens is 1. The lowest BCUT2D eigenvalue weighted by atomic mass is 9.68. The highest BCUT2D eigenvalue weighted by Gasteiger charge is 2.37. The second-order valence-electron chi connectivity index (χ2n) is 8.19. The number of amides is 1. The number of fused-ring (bicyclic) bond motifs is 1. The first-order valence-corrected chi connectivity index (χ1v) is 10.8. The lowest BCUT2D eigenvalue weighted by Crippen LogP contribution is -2.49. The summed E-state index contributed by atoms with van der Waals surface area (Å²) in [4.78, 5) is 24.3. The first kappa shape index (κ1) is 21.4. The normalized spacial score (nSPS) is 21.0. The molecule has 4 N–H and O–H groups in total. The van der Waals surface area contributed by atoms with Crippen molar-refractivity contribution in [3.05, 3.63) is 66.0 Å². The number of nitrogens with zero attached hydrogens (tertiary/aromatic N) is 3. The van der Waals surface area contributed by atoms with Gasteiger partial charge in [0, 0.05) is 30.6 Å². The minimum Gasteiger partial charge on any atom is -0.353 e. The predicted octanol–water partition coefficient (Wildman–Crippen LogP) is 2.82. The number of nitriles is 1. The smallest absolute Gasteiger partial charge is 0.251 e. The standard InChI is InChI=1S/C24H27N7O/c1-26-23(28-15-25)31-19-9-11-24(12-10-19,18-5-3-2-4-6-18)14-27-22(32)17-7-8-20-21(13-17)30-16-29-20/h2-8,13,16,19H,9-12,14H2,1H3,(H,27,32)(H,29,30)(H2,26,28,31). The molecule has 8 heteroatoms. The largest absolute Gasteiger partial charge is 0.353 e. The average molecular weight is 430 g/mol. The fourth-order valence-corrected chi connectivity index (χ4v) is 4.51. The lowest BCUT2D eigenvalue weighted by molar-refractivity contribution is 0.0935. The number of carbonyl (C=O) groups excluding carboxylic acids is 1. The number of aliphatic imine (C=N–C) groups is 1. The third-order valence-electron chi connectivity index (χ3n) is 6.34. The summed E-state index contributed by atoms with van der Waals surface area (Å²) in [6.07, 6.45) is 7.20. The molecule has 1 fully saturated rings. The molecule has 1 saturated carbocycles. The van der Waals surface area contributed by atoms with Crippen molar-refractivity contribution in [3.8, 4) is 6.19 Å². The molecule has 0 unspecified atom stereocenters. The van der Waals surface area contributed by atoms with Gasteiger partial charge in [0.2, 0.25) is 5.96 Å². The van der Waals surface area contributed by atoms with E-state index < -0.39 is 0 Å². The Labute approximate surface area is 187 Å². The highest BCUT2D eigenvalue weighted by atomic mass is 16.1. The summed E-state index contributed by atoms with van der Waals surface area (Å²) in [5.41, 5.74) is 3.41. The van der Waals surface area contributed by atoms with E-state index in [1.54, 1.807) is 13.4 Å². The molecule has 1 aliphatic rings. The maximum atomic E-state index is 12.9. The van der Waals surface area contributed by atoms with Gasteiger partial charge in [0.1, 0.15) is 0 Å². The Kier molecular flexibility index (Phi) is 6.36. The number of imidazole rings is 1. The van der Waals surface area contributed by atoms with Gasteiger partial charge in [-0.25, -0.2) is 4.98 Å². The van der Waals surface area contributed by atoms with Crippen molar-refractivity contribution in [2.45, 2.75) is 37.1 Å². The van der Waals surface area contributed by atoms with Crippen LogP contribution >= 0.6 is 0 Å². The van der Waals surface area contributed by atoms with Gasteiger partial charge in [-0.15, -0.1) is 0 Å². The Morgan fingerprint density at radius 3 is 2.75 bits per heavy atom. The van der Waals surface area contributed by atoms with Crippen molar-refractivity contribution in [1.29, 1.82) is 5.26 Å². The number of rotatable bonds is 5. The zero-order valence-corrected chi connectivity index (χ0v) is 18.1. The SMILES string of the molecule is CN=C(NC#N)NC1CCC(CNC(=O)c2ccc3nc[nH]c3c2)(c2ccccc2)CC1. The monoisotopic (exact) mass is 429 g/mol. The fourth-order valence-electron chi connectivity index (χ4n) is 4.51. The van der Waals surface area contributed by atoms with Crippen LogP contribution in [0.3, 0.4) is 0 Å². The van der Waals surface area contributed by atoms with Crippen LogP contribution in [0, 0.1) is 11.5 Å². The van der Waals surface area contributed by atoms with Gasteiger partial charge in [-0.05, 0) is 49.4 Å². The van der Waals surface area contributed by atoms with Crippen molar-refractivity contribution in [2.75, 3.05) is 13.6 Å². The van der Waals surface area contributed by atoms with Crippen LogP contribution in [-0.4, -0.2) is 41.5 Å². The van der Waals surface area contributed by atoms with Gasteiger partial charge < -0.3 is 15.6 Å². The van der Waals surface area contributed by atoms with Crippen molar-refractivity contribution in [2.24, 2.45) is 4.99 Å². The van der Waals surface area contributed by atoms with E-state index in [0.717, 1.165) is 36.7 Å². The molecule has 4 rings (SSSR count). The van der Waals surface area contributed by atoms with Crippen molar-refractivity contribution in [1.82, 2.24) is 25.9 Å². The Hall–Kier alpha value is -3.86. The number of aromatic amines is 1. The molecular formula is C24H27N7O. The van der Waals surface area contributed by atoms with E-state index in [-0.39, 0.29) is 17.4 Å². The Morgan fingerprint density at radius 2 is 2.03 bits per heavy atom. The average Bonchev–Trinajstić information content (AvgIpc) is 3.32. The van der Waals surface area contributed by atoms with E-state index in [1.165, 1.54) is 5.56 Å². The van der Waals surface area contributed by atoms with E-state index in [0.29, 0.717) is 18.1 Å². The summed E-state index contributed by atoms with van der Waals surface area (Å²) in [5.74, 6) is 0.405. The maximum absolute atomic E-state index is 12.9. The quantitative estimate of drug-likeness (QED) is 0.215. The van der Waals surface area contributed by atoms with Gasteiger partial charge in [0.15, 0.2) is 6.19 Å². The van der Waals surface area contributed by atoms with Gasteiger partial charge in [-0.2, -0.15) is 5.26 Å². The minimum absolute atomic E-state index is 0.0873. The van der Waals surface area contributed by atoms with Gasteiger partial charge >= 0.3 is 0 Å². The molecule has 0 bridgehead atoms. The summed E-state index contributed by atoms with van der Waals surface area (Å²) in [6, 6.07) is 16.1. The van der Waals surface area contributed by atoms with Crippen LogP contribution in [0.15, 0.2) is 59.9 Å². The fraction of sp³-hybridized carbons (Fsp3) is 0.333. The highest BCUT2D eigenvalue weighted by Crippen LogP contribution is 2.39. The van der Waals surface area contributed by atoms with Crippen molar-refractivity contribution in [3.63, 3.8) is 0 Å². The Balaban J connectivity index is 1.47. The van der Waals surface area contributed by atoms with Crippen LogP contribution in [0.5, 0.6) is 0 Å². The minimum atomic E-state index is -0.140. The summed E-state index contributed by atoms with van der Waals surface area (Å²) >= 11 is 0. The van der Waals surface area contributed by atoms with Crippen LogP contribution in [0.4, 0.5) is 0 Å². The third-order valence-corrected chi connectivity index (χ3v) is 6.34. The van der Waals surface area contributed by atoms with Crippen molar-refractivity contribution < 1.29 is 4.79 Å². The molecule has 1 aromatic heterocycles. The van der Waals surface area contributed by atoms with E-state index in [2.05, 4.69) is 43.0 Å².